The summed E-state index contributed by atoms with van der Waals surface area (Å²) in [6.45, 7) is -2.80. The molecule has 1 aliphatic rings. The topological polar surface area (TPSA) is 138 Å². The van der Waals surface area contributed by atoms with Crippen molar-refractivity contribution in [3.8, 4) is 5.75 Å². The molecule has 4 rings (SSSR count). The zero-order valence-corrected chi connectivity index (χ0v) is 25.5. The number of methoxy groups -OCH3 is 1. The highest BCUT2D eigenvalue weighted by molar-refractivity contribution is 7.99. The van der Waals surface area contributed by atoms with E-state index in [4.69, 9.17) is 23.1 Å². The minimum Gasteiger partial charge on any atom is -0.497 e. The maximum Gasteiger partial charge on any atom is 0.413 e. The number of hydrogen-bond donors (Lipinski definition) is 0. The monoisotopic (exact) mass is 669 g/mol. The van der Waals surface area contributed by atoms with Crippen molar-refractivity contribution < 1.29 is 48.9 Å². The lowest BCUT2D eigenvalue weighted by Gasteiger charge is -2.44. The van der Waals surface area contributed by atoms with E-state index in [0.29, 0.717) is 11.3 Å². The lowest BCUT2D eigenvalue weighted by atomic mass is 9.97. The molecule has 3 aromatic carbocycles. The Hall–Kier alpha value is -3.34. The van der Waals surface area contributed by atoms with Gasteiger partial charge in [-0.05, 0) is 40.9 Å². The number of halogens is 3. The zero-order chi connectivity index (χ0) is 32.3. The van der Waals surface area contributed by atoms with E-state index >= 15 is 0 Å². The Kier molecular flexibility index (Phi) is 12.5. The summed E-state index contributed by atoms with van der Waals surface area (Å²) in [6.07, 6.45) is -8.25. The predicted molar refractivity (Wildman–Crippen MR) is 157 cm³/mol. The molecule has 1 heterocycles. The van der Waals surface area contributed by atoms with E-state index in [9.17, 15) is 27.1 Å². The van der Waals surface area contributed by atoms with Crippen molar-refractivity contribution in [1.29, 1.82) is 0 Å². The fourth-order valence-corrected chi connectivity index (χ4v) is 6.11. The van der Waals surface area contributed by atoms with Crippen molar-refractivity contribution in [1.82, 2.24) is 0 Å². The van der Waals surface area contributed by atoms with Crippen molar-refractivity contribution in [2.75, 3.05) is 20.3 Å². The Morgan fingerprint density at radius 1 is 0.889 bits per heavy atom. The summed E-state index contributed by atoms with van der Waals surface area (Å²) in [7, 11) is -3.56. The van der Waals surface area contributed by atoms with Crippen LogP contribution in [-0.4, -0.2) is 64.7 Å². The first-order valence-corrected chi connectivity index (χ1v) is 15.7. The van der Waals surface area contributed by atoms with Gasteiger partial charge in [0.1, 0.15) is 29.4 Å². The number of thioether (sulfide) groups is 1. The van der Waals surface area contributed by atoms with Gasteiger partial charge in [-0.2, -0.15) is 21.6 Å². The van der Waals surface area contributed by atoms with Crippen LogP contribution in [0.2, 0.25) is 0 Å². The Morgan fingerprint density at radius 2 is 1.49 bits per heavy atom. The van der Waals surface area contributed by atoms with Gasteiger partial charge in [-0.3, -0.25) is 0 Å². The van der Waals surface area contributed by atoms with E-state index in [1.54, 1.807) is 48.5 Å². The van der Waals surface area contributed by atoms with Gasteiger partial charge in [0, 0.05) is 9.81 Å². The van der Waals surface area contributed by atoms with E-state index in [0.717, 1.165) is 10.5 Å². The van der Waals surface area contributed by atoms with Crippen LogP contribution in [0.3, 0.4) is 0 Å². The van der Waals surface area contributed by atoms with Crippen molar-refractivity contribution >= 4 is 22.2 Å². The number of rotatable bonds is 15. The molecule has 0 aromatic heterocycles. The standard InChI is InChI=1S/C29H30F3N3O8S2/c1-38-22-14-12-21(13-15-22)17-39-26-24(18-41-45(36,37)42-19-29(30,31)32)43-28(44-23-10-6-3-7-11-23)25(34-35-33)27(26)40-16-20-8-4-2-5-9-20/h2-15,24-28H,16-19H2,1H3/t24-,25-,26-,27-,28-/m1/s1. The van der Waals surface area contributed by atoms with Crippen LogP contribution in [0, 0.1) is 0 Å². The van der Waals surface area contributed by atoms with Gasteiger partial charge in [0.25, 0.3) is 0 Å². The number of azide groups is 1. The van der Waals surface area contributed by atoms with Gasteiger partial charge < -0.3 is 18.9 Å². The molecule has 0 aliphatic carbocycles. The van der Waals surface area contributed by atoms with E-state index in [1.807, 2.05) is 36.4 Å². The van der Waals surface area contributed by atoms with Gasteiger partial charge in [0.15, 0.2) is 6.61 Å². The molecule has 1 aliphatic heterocycles. The lowest BCUT2D eigenvalue weighted by Crippen LogP contribution is -2.59. The molecule has 0 unspecified atom stereocenters. The molecule has 3 aromatic rings. The smallest absolute Gasteiger partial charge is 0.413 e. The molecule has 1 fully saturated rings. The highest BCUT2D eigenvalue weighted by Gasteiger charge is 2.48. The molecule has 242 valence electrons. The second-order valence-corrected chi connectivity index (χ2v) is 12.1. The van der Waals surface area contributed by atoms with Crippen LogP contribution < -0.4 is 4.74 Å². The van der Waals surface area contributed by atoms with Crippen LogP contribution in [0.15, 0.2) is 94.9 Å². The van der Waals surface area contributed by atoms with Gasteiger partial charge in [0.2, 0.25) is 0 Å². The SMILES string of the molecule is COc1ccc(CO[C@H]2[C@H](OCc3ccccc3)[C@@H](N=[N+]=[N-])[C@@H](Sc3ccccc3)O[C@@H]2COS(=O)(=O)OCC(F)(F)F)cc1. The van der Waals surface area contributed by atoms with Crippen LogP contribution in [0.5, 0.6) is 5.75 Å². The summed E-state index contributed by atoms with van der Waals surface area (Å²) in [5, 5.41) is 3.99. The van der Waals surface area contributed by atoms with Crippen molar-refractivity contribution in [3.05, 3.63) is 106 Å². The van der Waals surface area contributed by atoms with Crippen LogP contribution in [0.4, 0.5) is 13.2 Å². The van der Waals surface area contributed by atoms with Gasteiger partial charge in [-0.25, -0.2) is 8.37 Å². The quantitative estimate of drug-likeness (QED) is 0.105. The van der Waals surface area contributed by atoms with Crippen molar-refractivity contribution in [2.24, 2.45) is 5.11 Å². The number of benzene rings is 3. The molecule has 1 saturated heterocycles. The average Bonchev–Trinajstić information content (AvgIpc) is 3.03. The zero-order valence-electron chi connectivity index (χ0n) is 23.9. The van der Waals surface area contributed by atoms with Crippen molar-refractivity contribution in [3.63, 3.8) is 0 Å². The average molecular weight is 670 g/mol. The Morgan fingerprint density at radius 3 is 2.09 bits per heavy atom. The van der Waals surface area contributed by atoms with Crippen LogP contribution in [0.1, 0.15) is 11.1 Å². The molecule has 0 spiro atoms. The summed E-state index contributed by atoms with van der Waals surface area (Å²) in [5.74, 6) is 0.614. The number of ether oxygens (including phenoxy) is 4. The maximum absolute atomic E-state index is 12.6. The predicted octanol–water partition coefficient (Wildman–Crippen LogP) is 6.20. The van der Waals surface area contributed by atoms with Crippen LogP contribution in [0.25, 0.3) is 10.4 Å². The molecular weight excluding hydrogens is 639 g/mol. The minimum atomic E-state index is -5.08. The normalized spacial score (nSPS) is 22.0. The third kappa shape index (κ3) is 10.9. The Bertz CT molecular complexity index is 1500. The van der Waals surface area contributed by atoms with Gasteiger partial charge in [-0.1, -0.05) is 77.5 Å². The van der Waals surface area contributed by atoms with Gasteiger partial charge in [-0.15, -0.1) is 0 Å². The van der Waals surface area contributed by atoms with Crippen LogP contribution >= 0.6 is 11.8 Å². The first-order chi connectivity index (χ1) is 21.6. The highest BCUT2D eigenvalue weighted by Crippen LogP contribution is 2.38. The number of alkyl halides is 3. The van der Waals surface area contributed by atoms with Crippen molar-refractivity contribution in [2.45, 2.75) is 54.1 Å². The largest absolute Gasteiger partial charge is 0.497 e. The maximum atomic E-state index is 12.6. The van der Waals surface area contributed by atoms with Gasteiger partial charge >= 0.3 is 16.6 Å². The fraction of sp³-hybridized carbons (Fsp3) is 0.379. The van der Waals surface area contributed by atoms with E-state index < -0.39 is 59.6 Å². The van der Waals surface area contributed by atoms with E-state index in [2.05, 4.69) is 14.2 Å². The molecule has 0 radical (unpaired) electrons. The summed E-state index contributed by atoms with van der Waals surface area (Å²) < 4.78 is 95.2. The Labute approximate surface area is 262 Å². The number of nitrogens with zero attached hydrogens (tertiary/aromatic N) is 3. The first kappa shape index (κ1) is 34.5. The molecule has 45 heavy (non-hydrogen) atoms. The fourth-order valence-electron chi connectivity index (χ4n) is 4.34. The second kappa shape index (κ2) is 16.3. The molecule has 16 heteroatoms. The summed E-state index contributed by atoms with van der Waals surface area (Å²) in [6, 6.07) is 24.1. The third-order valence-electron chi connectivity index (χ3n) is 6.43. The molecule has 0 saturated carbocycles. The molecule has 0 N–H and O–H groups in total. The number of hydrogen-bond acceptors (Lipinski definition) is 10. The third-order valence-corrected chi connectivity index (χ3v) is 8.42. The second-order valence-electron chi connectivity index (χ2n) is 9.62. The molecule has 5 atom stereocenters. The van der Waals surface area contributed by atoms with Crippen LogP contribution in [-0.2, 0) is 46.2 Å². The summed E-state index contributed by atoms with van der Waals surface area (Å²) >= 11 is 1.19. The molecular formula is C29H30F3N3O8S2. The van der Waals surface area contributed by atoms with E-state index in [1.165, 1.54) is 18.9 Å². The lowest BCUT2D eigenvalue weighted by molar-refractivity contribution is -0.205. The first-order valence-electron chi connectivity index (χ1n) is 13.5. The summed E-state index contributed by atoms with van der Waals surface area (Å²) in [4.78, 5) is 3.75. The van der Waals surface area contributed by atoms with E-state index in [-0.39, 0.29) is 13.2 Å². The van der Waals surface area contributed by atoms with Gasteiger partial charge in [0.05, 0.1) is 33.0 Å². The molecule has 0 amide bonds. The Balaban J connectivity index is 1.66. The minimum absolute atomic E-state index is 0.0173. The summed E-state index contributed by atoms with van der Waals surface area (Å²) in [5.41, 5.74) is 10.1. The molecule has 0 bridgehead atoms. The molecule has 11 nitrogen and oxygen atoms in total. The highest BCUT2D eigenvalue weighted by atomic mass is 32.3.